The largest absolute Gasteiger partial charge is 0.318 e. The van der Waals surface area contributed by atoms with E-state index in [4.69, 9.17) is 11.6 Å². The second-order valence-electron chi connectivity index (χ2n) is 5.49. The van der Waals surface area contributed by atoms with E-state index >= 15 is 0 Å². The van der Waals surface area contributed by atoms with Gasteiger partial charge in [0.25, 0.3) is 12.3 Å². The van der Waals surface area contributed by atoms with Crippen molar-refractivity contribution in [3.05, 3.63) is 68.6 Å². The molecule has 0 saturated heterocycles. The molecule has 140 valence electrons. The number of nitrogens with zero attached hydrogens (tertiary/aromatic N) is 1. The number of anilines is 1. The van der Waals surface area contributed by atoms with Gasteiger partial charge in [0.2, 0.25) is 0 Å². The van der Waals surface area contributed by atoms with Crippen LogP contribution < -0.4 is 5.32 Å². The molecule has 1 N–H and O–H groups in total. The van der Waals surface area contributed by atoms with Gasteiger partial charge in [-0.2, -0.15) is 0 Å². The van der Waals surface area contributed by atoms with Crippen molar-refractivity contribution >= 4 is 34.5 Å². The number of hydrogen-bond acceptors (Lipinski definition) is 3. The molecule has 9 heteroatoms. The lowest BCUT2D eigenvalue weighted by molar-refractivity contribution is 0.101. The molecule has 2 aromatic carbocycles. The number of carbonyl (C=O) groups is 1. The molecule has 3 aromatic rings. The van der Waals surface area contributed by atoms with Gasteiger partial charge in [-0.3, -0.25) is 4.79 Å². The van der Waals surface area contributed by atoms with Crippen molar-refractivity contribution < 1.29 is 22.4 Å². The molecule has 0 aliphatic rings. The Kier molecular flexibility index (Phi) is 5.48. The van der Waals surface area contributed by atoms with Crippen molar-refractivity contribution in [1.29, 1.82) is 0 Å². The summed E-state index contributed by atoms with van der Waals surface area (Å²) in [6.45, 7) is 1.48. The summed E-state index contributed by atoms with van der Waals surface area (Å²) in [5.41, 5.74) is -0.471. The van der Waals surface area contributed by atoms with E-state index in [1.807, 2.05) is 0 Å². The van der Waals surface area contributed by atoms with Gasteiger partial charge < -0.3 is 5.32 Å². The van der Waals surface area contributed by atoms with Gasteiger partial charge >= 0.3 is 0 Å². The van der Waals surface area contributed by atoms with Crippen LogP contribution in [0.4, 0.5) is 23.2 Å². The zero-order valence-electron chi connectivity index (χ0n) is 13.7. The predicted molar refractivity (Wildman–Crippen MR) is 96.6 cm³/mol. The number of amides is 1. The number of alkyl halides is 2. The number of carbonyl (C=O) groups excluding carboxylic acids is 1. The fourth-order valence-electron chi connectivity index (χ4n) is 2.48. The number of thiazole rings is 1. The standard InChI is InChI=1S/C18H11ClF4N2OS/c1-8-24-15(17(22)23)16(27-8)18(26)25-14-10(3-2-4-12(14)20)9-5-6-11(19)13(21)7-9/h2-7,17H,1H3,(H,25,26). The fourth-order valence-corrected chi connectivity index (χ4v) is 3.42. The molecule has 0 radical (unpaired) electrons. The molecule has 0 fully saturated rings. The molecule has 3 nitrogen and oxygen atoms in total. The van der Waals surface area contributed by atoms with Crippen LogP contribution in [-0.4, -0.2) is 10.9 Å². The molecule has 27 heavy (non-hydrogen) atoms. The first-order chi connectivity index (χ1) is 12.8. The number of halogens is 5. The van der Waals surface area contributed by atoms with Gasteiger partial charge in [0, 0.05) is 5.56 Å². The van der Waals surface area contributed by atoms with Crippen LogP contribution in [0.15, 0.2) is 36.4 Å². The second-order valence-corrected chi connectivity index (χ2v) is 7.10. The monoisotopic (exact) mass is 414 g/mol. The van der Waals surface area contributed by atoms with Gasteiger partial charge in [0.1, 0.15) is 22.2 Å². The summed E-state index contributed by atoms with van der Waals surface area (Å²) < 4.78 is 54.3. The van der Waals surface area contributed by atoms with Crippen LogP contribution in [0.25, 0.3) is 11.1 Å². The summed E-state index contributed by atoms with van der Waals surface area (Å²) in [4.78, 5) is 15.8. The molecule has 0 aliphatic heterocycles. The lowest BCUT2D eigenvalue weighted by Crippen LogP contribution is -2.14. The first-order valence-electron chi connectivity index (χ1n) is 7.58. The van der Waals surface area contributed by atoms with Crippen LogP contribution in [0.2, 0.25) is 5.02 Å². The highest BCUT2D eigenvalue weighted by molar-refractivity contribution is 7.13. The Morgan fingerprint density at radius 2 is 1.93 bits per heavy atom. The molecule has 3 rings (SSSR count). The highest BCUT2D eigenvalue weighted by Gasteiger charge is 2.25. The molecule has 0 atom stereocenters. The van der Waals surface area contributed by atoms with E-state index in [1.54, 1.807) is 0 Å². The van der Waals surface area contributed by atoms with E-state index in [2.05, 4.69) is 10.3 Å². The Morgan fingerprint density at radius 3 is 2.59 bits per heavy atom. The molecule has 0 bridgehead atoms. The zero-order valence-corrected chi connectivity index (χ0v) is 15.3. The Morgan fingerprint density at radius 1 is 1.19 bits per heavy atom. The summed E-state index contributed by atoms with van der Waals surface area (Å²) in [6.07, 6.45) is -2.94. The van der Waals surface area contributed by atoms with E-state index in [-0.39, 0.29) is 31.7 Å². The first-order valence-corrected chi connectivity index (χ1v) is 8.78. The van der Waals surface area contributed by atoms with Crippen LogP contribution in [0.1, 0.15) is 26.8 Å². The number of benzene rings is 2. The third-order valence-corrected chi connectivity index (χ3v) is 4.95. The van der Waals surface area contributed by atoms with Gasteiger partial charge in [-0.15, -0.1) is 11.3 Å². The molecule has 1 aromatic heterocycles. The summed E-state index contributed by atoms with van der Waals surface area (Å²) in [6, 6.07) is 7.79. The van der Waals surface area contributed by atoms with Crippen LogP contribution in [0.3, 0.4) is 0 Å². The van der Waals surface area contributed by atoms with E-state index < -0.39 is 29.7 Å². The second kappa shape index (κ2) is 7.66. The summed E-state index contributed by atoms with van der Waals surface area (Å²) in [5.74, 6) is -2.43. The van der Waals surface area contributed by atoms with E-state index in [9.17, 15) is 22.4 Å². The average Bonchev–Trinajstić information content (AvgIpc) is 3.01. The van der Waals surface area contributed by atoms with Crippen molar-refractivity contribution in [2.45, 2.75) is 13.3 Å². The normalized spacial score (nSPS) is 11.1. The molecular formula is C18H11ClF4N2OS. The molecular weight excluding hydrogens is 404 g/mol. The van der Waals surface area contributed by atoms with Crippen molar-refractivity contribution in [2.24, 2.45) is 0 Å². The number of hydrogen-bond donors (Lipinski definition) is 1. The van der Waals surface area contributed by atoms with E-state index in [0.29, 0.717) is 0 Å². The third-order valence-electron chi connectivity index (χ3n) is 3.66. The van der Waals surface area contributed by atoms with Crippen LogP contribution in [0, 0.1) is 18.6 Å². The Hall–Kier alpha value is -2.45. The lowest BCUT2D eigenvalue weighted by Gasteiger charge is -2.13. The highest BCUT2D eigenvalue weighted by Crippen LogP contribution is 2.34. The van der Waals surface area contributed by atoms with Crippen molar-refractivity contribution in [3.8, 4) is 11.1 Å². The minimum atomic E-state index is -2.94. The number of rotatable bonds is 4. The SMILES string of the molecule is Cc1nc(C(F)F)c(C(=O)Nc2c(F)cccc2-c2ccc(Cl)c(F)c2)s1. The fraction of sp³-hybridized carbons (Fsp3) is 0.111. The van der Waals surface area contributed by atoms with Crippen molar-refractivity contribution in [2.75, 3.05) is 5.32 Å². The van der Waals surface area contributed by atoms with Gasteiger partial charge in [-0.1, -0.05) is 29.8 Å². The average molecular weight is 415 g/mol. The summed E-state index contributed by atoms with van der Waals surface area (Å²) >= 11 is 6.44. The molecule has 1 amide bonds. The summed E-state index contributed by atoms with van der Waals surface area (Å²) in [7, 11) is 0. The first kappa shape index (κ1) is 19.3. The Labute approximate surface area is 160 Å². The van der Waals surface area contributed by atoms with E-state index in [0.717, 1.165) is 23.5 Å². The maximum Gasteiger partial charge on any atom is 0.282 e. The van der Waals surface area contributed by atoms with E-state index in [1.165, 1.54) is 31.2 Å². The van der Waals surface area contributed by atoms with Gasteiger partial charge in [-0.25, -0.2) is 22.5 Å². The maximum atomic E-state index is 14.4. The quantitative estimate of drug-likeness (QED) is 0.513. The minimum Gasteiger partial charge on any atom is -0.318 e. The topological polar surface area (TPSA) is 42.0 Å². The number of nitrogens with one attached hydrogen (secondary N) is 1. The van der Waals surface area contributed by atoms with Crippen molar-refractivity contribution in [3.63, 3.8) is 0 Å². The number of aromatic nitrogens is 1. The van der Waals surface area contributed by atoms with Gasteiger partial charge in [0.05, 0.1) is 15.7 Å². The third kappa shape index (κ3) is 3.96. The molecule has 0 spiro atoms. The Bertz CT molecular complexity index is 1020. The molecule has 0 saturated carbocycles. The molecule has 1 heterocycles. The smallest absolute Gasteiger partial charge is 0.282 e. The Balaban J connectivity index is 2.03. The van der Waals surface area contributed by atoms with Crippen LogP contribution in [-0.2, 0) is 0 Å². The number of aryl methyl sites for hydroxylation is 1. The molecule has 0 unspecified atom stereocenters. The zero-order chi connectivity index (χ0) is 19.7. The van der Waals surface area contributed by atoms with Gasteiger partial charge in [0.15, 0.2) is 0 Å². The van der Waals surface area contributed by atoms with Crippen molar-refractivity contribution in [1.82, 2.24) is 4.98 Å². The summed E-state index contributed by atoms with van der Waals surface area (Å²) in [5, 5.41) is 2.48. The number of para-hydroxylation sites is 1. The maximum absolute atomic E-state index is 14.4. The minimum absolute atomic E-state index is 0.109. The van der Waals surface area contributed by atoms with Gasteiger partial charge in [-0.05, 0) is 30.7 Å². The highest BCUT2D eigenvalue weighted by atomic mass is 35.5. The molecule has 0 aliphatic carbocycles. The van der Waals surface area contributed by atoms with Crippen LogP contribution in [0.5, 0.6) is 0 Å². The predicted octanol–water partition coefficient (Wildman–Crippen LogP) is 6.24. The lowest BCUT2D eigenvalue weighted by atomic mass is 10.0. The van der Waals surface area contributed by atoms with Crippen LogP contribution >= 0.6 is 22.9 Å².